The maximum Gasteiger partial charge on any atom is 0.270 e. The van der Waals surface area contributed by atoms with Gasteiger partial charge in [-0.15, -0.1) is 0 Å². The third-order valence-corrected chi connectivity index (χ3v) is 6.05. The number of furan rings is 1. The number of rotatable bonds is 6. The van der Waals surface area contributed by atoms with Gasteiger partial charge in [0.25, 0.3) is 5.69 Å². The van der Waals surface area contributed by atoms with Crippen LogP contribution in [-0.2, 0) is 4.79 Å². The molecule has 32 heavy (non-hydrogen) atoms. The molecule has 0 aliphatic rings. The molecule has 0 bridgehead atoms. The predicted octanol–water partition coefficient (Wildman–Crippen LogP) is 6.01. The number of aryl methyl sites for hydroxylation is 2. The molecule has 0 spiro atoms. The lowest BCUT2D eigenvalue weighted by atomic mass is 9.98. The highest BCUT2D eigenvalue weighted by atomic mass is 32.1. The summed E-state index contributed by atoms with van der Waals surface area (Å²) >= 11 is 1.18. The number of non-ortho nitro benzene ring substituents is 1. The van der Waals surface area contributed by atoms with Crippen molar-refractivity contribution in [3.8, 4) is 5.75 Å². The van der Waals surface area contributed by atoms with Gasteiger partial charge in [0, 0.05) is 34.7 Å². The van der Waals surface area contributed by atoms with Gasteiger partial charge in [0.05, 0.1) is 28.0 Å². The first-order chi connectivity index (χ1) is 15.3. The molecular weight excluding hydrogens is 430 g/mol. The first-order valence-corrected chi connectivity index (χ1v) is 10.8. The molecule has 4 rings (SSSR count). The number of carbonyl (C=O) groups excluding carboxylic acids is 1. The number of aromatic nitrogens is 1. The number of allylic oxidation sites excluding steroid dienone is 1. The number of thiazole rings is 1. The fourth-order valence-electron chi connectivity index (χ4n) is 3.56. The zero-order valence-electron chi connectivity index (χ0n) is 18.0. The summed E-state index contributed by atoms with van der Waals surface area (Å²) in [5.41, 5.74) is 4.78. The van der Waals surface area contributed by atoms with Crippen LogP contribution in [0.4, 0.5) is 10.8 Å². The molecule has 8 nitrogen and oxygen atoms in total. The normalized spacial score (nSPS) is 11.8. The lowest BCUT2D eigenvalue weighted by molar-refractivity contribution is -0.384. The van der Waals surface area contributed by atoms with Gasteiger partial charge in [-0.1, -0.05) is 11.3 Å². The average molecular weight is 452 g/mol. The molecule has 2 heterocycles. The summed E-state index contributed by atoms with van der Waals surface area (Å²) in [6, 6.07) is 6.38. The van der Waals surface area contributed by atoms with E-state index in [-0.39, 0.29) is 11.6 Å². The van der Waals surface area contributed by atoms with E-state index in [1.54, 1.807) is 12.3 Å². The summed E-state index contributed by atoms with van der Waals surface area (Å²) in [7, 11) is 0. The molecule has 4 aromatic rings. The van der Waals surface area contributed by atoms with Crippen LogP contribution >= 0.6 is 11.3 Å². The van der Waals surface area contributed by atoms with Gasteiger partial charge in [-0.2, -0.15) is 0 Å². The number of amides is 1. The number of carbonyl (C=O) groups is 1. The Morgan fingerprint density at radius 2 is 2.12 bits per heavy atom. The molecule has 0 aliphatic heterocycles. The van der Waals surface area contributed by atoms with Crippen molar-refractivity contribution >= 4 is 54.8 Å². The molecule has 0 unspecified atom stereocenters. The molecular formula is C23H21N3O5S. The maximum atomic E-state index is 12.7. The largest absolute Gasteiger partial charge is 0.493 e. The minimum Gasteiger partial charge on any atom is -0.493 e. The second-order valence-corrected chi connectivity index (χ2v) is 8.38. The highest BCUT2D eigenvalue weighted by Crippen LogP contribution is 2.37. The minimum atomic E-state index is -0.458. The van der Waals surface area contributed by atoms with Gasteiger partial charge >= 0.3 is 0 Å². The lowest BCUT2D eigenvalue weighted by Gasteiger charge is -2.14. The van der Waals surface area contributed by atoms with Gasteiger partial charge in [-0.25, -0.2) is 4.98 Å². The predicted molar refractivity (Wildman–Crippen MR) is 125 cm³/mol. The van der Waals surface area contributed by atoms with Crippen molar-refractivity contribution in [2.45, 2.75) is 27.7 Å². The molecule has 0 saturated heterocycles. The molecule has 0 atom stereocenters. The van der Waals surface area contributed by atoms with Gasteiger partial charge in [0.1, 0.15) is 11.3 Å². The number of nitro groups is 1. The summed E-state index contributed by atoms with van der Waals surface area (Å²) in [5.74, 6) is 0.336. The van der Waals surface area contributed by atoms with Crippen LogP contribution in [0.1, 0.15) is 30.5 Å². The van der Waals surface area contributed by atoms with Gasteiger partial charge in [-0.05, 0) is 51.0 Å². The standard InChI is InChI=1S/C23H21N3O5S/c1-5-30-21-14(4)22-17(13(3)11-31-22)10-16(21)12(2)8-20(27)25-23-24-18-7-6-15(26(28)29)9-19(18)32-23/h6-11H,5H2,1-4H3,(H,24,25,27)/b12-8+. The smallest absolute Gasteiger partial charge is 0.270 e. The molecule has 0 aliphatic carbocycles. The summed E-state index contributed by atoms with van der Waals surface area (Å²) in [4.78, 5) is 27.5. The van der Waals surface area contributed by atoms with Crippen molar-refractivity contribution in [2.24, 2.45) is 0 Å². The van der Waals surface area contributed by atoms with Crippen LogP contribution in [0.25, 0.3) is 26.8 Å². The Balaban J connectivity index is 1.65. The molecule has 1 N–H and O–H groups in total. The first kappa shape index (κ1) is 21.5. The second kappa shape index (κ2) is 8.43. The number of fused-ring (bicyclic) bond motifs is 2. The minimum absolute atomic E-state index is 0.0153. The number of anilines is 1. The number of hydrogen-bond donors (Lipinski definition) is 1. The van der Waals surface area contributed by atoms with Crippen LogP contribution in [0.2, 0.25) is 0 Å². The zero-order chi connectivity index (χ0) is 23.0. The van der Waals surface area contributed by atoms with Crippen molar-refractivity contribution in [2.75, 3.05) is 11.9 Å². The number of nitrogens with zero attached hydrogens (tertiary/aromatic N) is 2. The number of nitro benzene ring substituents is 1. The van der Waals surface area contributed by atoms with Crippen molar-refractivity contribution in [1.82, 2.24) is 4.98 Å². The molecule has 164 valence electrons. The fraction of sp³-hybridized carbons (Fsp3) is 0.217. The third-order valence-electron chi connectivity index (χ3n) is 5.11. The van der Waals surface area contributed by atoms with Crippen molar-refractivity contribution in [1.29, 1.82) is 0 Å². The Kier molecular flexibility index (Phi) is 5.67. The molecule has 0 saturated carbocycles. The highest BCUT2D eigenvalue weighted by molar-refractivity contribution is 7.22. The Bertz CT molecular complexity index is 1400. The van der Waals surface area contributed by atoms with E-state index >= 15 is 0 Å². The van der Waals surface area contributed by atoms with E-state index in [0.29, 0.717) is 27.7 Å². The number of hydrogen-bond acceptors (Lipinski definition) is 7. The van der Waals surface area contributed by atoms with E-state index in [0.717, 1.165) is 33.2 Å². The lowest BCUT2D eigenvalue weighted by Crippen LogP contribution is -2.08. The van der Waals surface area contributed by atoms with Gasteiger partial charge in [-0.3, -0.25) is 20.2 Å². The maximum absolute atomic E-state index is 12.7. The SMILES string of the molecule is CCOc1c(/C(C)=C/C(=O)Nc2nc3ccc([N+](=O)[O-])cc3s2)cc2c(C)coc2c1C. The van der Waals surface area contributed by atoms with Crippen LogP contribution in [0.5, 0.6) is 5.75 Å². The molecule has 0 fully saturated rings. The van der Waals surface area contributed by atoms with E-state index in [1.807, 2.05) is 33.8 Å². The molecule has 0 radical (unpaired) electrons. The van der Waals surface area contributed by atoms with Crippen LogP contribution in [0.15, 0.2) is 41.0 Å². The van der Waals surface area contributed by atoms with Gasteiger partial charge in [0.15, 0.2) is 5.13 Å². The van der Waals surface area contributed by atoms with Crippen LogP contribution in [0.3, 0.4) is 0 Å². The number of nitrogens with one attached hydrogen (secondary N) is 1. The third kappa shape index (κ3) is 3.94. The van der Waals surface area contributed by atoms with E-state index in [1.165, 1.54) is 29.5 Å². The van der Waals surface area contributed by atoms with Gasteiger partial charge in [0.2, 0.25) is 5.91 Å². The van der Waals surface area contributed by atoms with Crippen LogP contribution in [-0.4, -0.2) is 22.4 Å². The Hall–Kier alpha value is -3.72. The van der Waals surface area contributed by atoms with E-state index in [2.05, 4.69) is 10.3 Å². The van der Waals surface area contributed by atoms with E-state index in [4.69, 9.17) is 9.15 Å². The Morgan fingerprint density at radius 1 is 1.34 bits per heavy atom. The molecule has 2 aromatic heterocycles. The highest BCUT2D eigenvalue weighted by Gasteiger charge is 2.18. The van der Waals surface area contributed by atoms with E-state index in [9.17, 15) is 14.9 Å². The molecule has 1 amide bonds. The molecule has 2 aromatic carbocycles. The summed E-state index contributed by atoms with van der Waals surface area (Å²) in [5, 5.41) is 15.1. The quantitative estimate of drug-likeness (QED) is 0.219. The van der Waals surface area contributed by atoms with Gasteiger partial charge < -0.3 is 9.15 Å². The Morgan fingerprint density at radius 3 is 2.84 bits per heavy atom. The zero-order valence-corrected chi connectivity index (χ0v) is 18.8. The molecule has 9 heteroatoms. The monoisotopic (exact) mass is 451 g/mol. The van der Waals surface area contributed by atoms with Crippen molar-refractivity contribution in [3.05, 3.63) is 63.4 Å². The topological polar surface area (TPSA) is 108 Å². The number of ether oxygens (including phenoxy) is 1. The second-order valence-electron chi connectivity index (χ2n) is 7.35. The Labute approximate surface area is 187 Å². The van der Waals surface area contributed by atoms with Crippen molar-refractivity contribution in [3.63, 3.8) is 0 Å². The van der Waals surface area contributed by atoms with Crippen LogP contribution < -0.4 is 10.1 Å². The van der Waals surface area contributed by atoms with Crippen molar-refractivity contribution < 1.29 is 18.9 Å². The average Bonchev–Trinajstić information content (AvgIpc) is 3.31. The number of benzene rings is 2. The fourth-order valence-corrected chi connectivity index (χ4v) is 4.46. The van der Waals surface area contributed by atoms with E-state index < -0.39 is 4.92 Å². The first-order valence-electron chi connectivity index (χ1n) is 9.97. The van der Waals surface area contributed by atoms with Crippen LogP contribution in [0, 0.1) is 24.0 Å². The summed E-state index contributed by atoms with van der Waals surface area (Å²) in [6.45, 7) is 8.15. The summed E-state index contributed by atoms with van der Waals surface area (Å²) in [6.07, 6.45) is 3.20. The summed E-state index contributed by atoms with van der Waals surface area (Å²) < 4.78 is 12.2.